The molecule has 41 atom stereocenters. The highest BCUT2D eigenvalue weighted by Gasteiger charge is 2.68. The van der Waals surface area contributed by atoms with Crippen LogP contribution in [0.4, 0.5) is 0 Å². The molecule has 11 aliphatic rings. The van der Waals surface area contributed by atoms with Gasteiger partial charge in [-0.1, -0.05) is 39.3 Å². The van der Waals surface area contributed by atoms with Gasteiger partial charge < -0.3 is 153 Å². The second-order valence-corrected chi connectivity index (χ2v) is 29.5. The molecule has 7 aliphatic heterocycles. The van der Waals surface area contributed by atoms with E-state index in [9.17, 15) is 91.9 Å². The van der Waals surface area contributed by atoms with Crippen LogP contribution in [0.3, 0.4) is 0 Å². The molecule has 31 heteroatoms. The van der Waals surface area contributed by atoms with E-state index in [1.807, 2.05) is 6.92 Å². The van der Waals surface area contributed by atoms with Crippen molar-refractivity contribution in [3.05, 3.63) is 11.6 Å². The Balaban J connectivity index is 0.639. The lowest BCUT2D eigenvalue weighted by atomic mass is 9.47. The summed E-state index contributed by atoms with van der Waals surface area (Å²) in [6.45, 7) is 11.4. The average molecular weight is 1360 g/mol. The predicted octanol–water partition coefficient (Wildman–Crippen LogP) is -5.30. The fraction of sp³-hybridized carbons (Fsp3) is 0.968. The zero-order valence-corrected chi connectivity index (χ0v) is 54.1. The molecule has 0 radical (unpaired) electrons. The topological polar surface area (TPSA) is 484 Å². The largest absolute Gasteiger partial charge is 0.394 e. The zero-order chi connectivity index (χ0) is 68.1. The lowest BCUT2D eigenvalue weighted by Crippen LogP contribution is -2.65. The first kappa shape index (κ1) is 73.7. The van der Waals surface area contributed by atoms with Gasteiger partial charge in [-0.15, -0.1) is 0 Å². The molecule has 7 heterocycles. The van der Waals surface area contributed by atoms with E-state index in [0.717, 1.165) is 32.1 Å². The number of hydrogen-bond donors (Lipinski definition) is 18. The van der Waals surface area contributed by atoms with E-state index in [-0.39, 0.29) is 41.3 Å². The Morgan fingerprint density at radius 3 is 1.56 bits per heavy atom. The minimum absolute atomic E-state index is 0.0753. The molecule has 0 aromatic rings. The van der Waals surface area contributed by atoms with E-state index in [0.29, 0.717) is 43.4 Å². The first-order valence-electron chi connectivity index (χ1n) is 33.7. The van der Waals surface area contributed by atoms with Crippen LogP contribution in [0.15, 0.2) is 11.6 Å². The maximum absolute atomic E-state index is 12.1. The van der Waals surface area contributed by atoms with Crippen LogP contribution in [0, 0.1) is 46.3 Å². The van der Waals surface area contributed by atoms with Gasteiger partial charge in [0.1, 0.15) is 128 Å². The molecule has 0 aromatic carbocycles. The van der Waals surface area contributed by atoms with Crippen LogP contribution in [0.5, 0.6) is 0 Å². The van der Waals surface area contributed by atoms with E-state index >= 15 is 0 Å². The number of fused-ring (bicyclic) bond motifs is 7. The second kappa shape index (κ2) is 29.1. The minimum atomic E-state index is -1.89. The fourth-order valence-electron chi connectivity index (χ4n) is 17.7. The van der Waals surface area contributed by atoms with Gasteiger partial charge in [0.05, 0.1) is 56.9 Å². The minimum Gasteiger partial charge on any atom is -0.394 e. The van der Waals surface area contributed by atoms with Gasteiger partial charge in [-0.05, 0) is 113 Å². The van der Waals surface area contributed by atoms with Gasteiger partial charge in [-0.3, -0.25) is 0 Å². The van der Waals surface area contributed by atoms with Crippen molar-refractivity contribution in [1.82, 2.24) is 0 Å². The SMILES string of the molecule is CC(CC[C@@]1(O)OC2CC3C4CC=C5C[C@@H](O[C@@H]6O[C@H](CO[C@@H]7O[C@H](CO[C@H]8O[C@H](C)[C@@H](O[C@H]9O[C@H](C)[C@@H](O[C@@H]%10O[C@H](C)[C@@H](O)[C@H](O)[C@@H]%10O)[C@H](O)[C@@H]9O)[C@H](O)[C@@H]8O)[C@H](O)[C@H](O)[C@H]7O)[C@@H](O)[C@H](O)[C@H]6O)CC[C@]5(C)C4CC[C@]3(C)C2[C@@H]1C)CO[C@@H]1O[C@H](CO)[C@@H](O)[C@H](O)[C@H]1O. The molecule has 11 rings (SSSR count). The summed E-state index contributed by atoms with van der Waals surface area (Å²) in [6.07, 6.45) is -38.0. The number of aliphatic hydroxyl groups is 18. The first-order valence-corrected chi connectivity index (χ1v) is 33.7. The summed E-state index contributed by atoms with van der Waals surface area (Å²) >= 11 is 0. The predicted molar refractivity (Wildman–Crippen MR) is 313 cm³/mol. The number of allylic oxidation sites excluding steroid dienone is 1. The maximum atomic E-state index is 12.1. The number of hydrogen-bond acceptors (Lipinski definition) is 31. The van der Waals surface area contributed by atoms with Crippen molar-refractivity contribution in [3.63, 3.8) is 0 Å². The van der Waals surface area contributed by atoms with Crippen LogP contribution < -0.4 is 0 Å². The van der Waals surface area contributed by atoms with Gasteiger partial charge in [0, 0.05) is 12.3 Å². The summed E-state index contributed by atoms with van der Waals surface area (Å²) in [5.41, 5.74) is 1.03. The Morgan fingerprint density at radius 1 is 0.511 bits per heavy atom. The quantitative estimate of drug-likeness (QED) is 0.0537. The van der Waals surface area contributed by atoms with Gasteiger partial charge in [-0.2, -0.15) is 0 Å². The highest BCUT2D eigenvalue weighted by Crippen LogP contribution is 2.70. The molecule has 94 heavy (non-hydrogen) atoms. The van der Waals surface area contributed by atoms with E-state index in [1.54, 1.807) is 0 Å². The number of rotatable bonds is 19. The molecular weight excluding hydrogens is 1250 g/mol. The van der Waals surface area contributed by atoms with Crippen molar-refractivity contribution < 1.29 is 153 Å². The van der Waals surface area contributed by atoms with E-state index in [4.69, 9.17) is 61.6 Å². The maximum Gasteiger partial charge on any atom is 0.187 e. The van der Waals surface area contributed by atoms with Crippen molar-refractivity contribution in [2.24, 2.45) is 46.3 Å². The molecule has 542 valence electrons. The van der Waals surface area contributed by atoms with Crippen molar-refractivity contribution in [1.29, 1.82) is 0 Å². The first-order chi connectivity index (χ1) is 44.3. The number of ether oxygens (including phenoxy) is 13. The van der Waals surface area contributed by atoms with Crippen molar-refractivity contribution >= 4 is 0 Å². The van der Waals surface area contributed by atoms with Crippen molar-refractivity contribution in [2.45, 2.75) is 308 Å². The third kappa shape index (κ3) is 13.8. The van der Waals surface area contributed by atoms with Crippen LogP contribution in [-0.4, -0.2) is 321 Å². The molecule has 0 spiro atoms. The van der Waals surface area contributed by atoms with Gasteiger partial charge in [-0.25, -0.2) is 0 Å². The Kier molecular flexibility index (Phi) is 22.8. The standard InChI is InChI=1S/C63H104O31/c1-22(19-82-56-47(75)42(70)38(66)33(18-64)89-56)10-15-63(81)23(2)36-32(94-63)17-31-29-9-8-27-16-28(11-13-61(27,6)30(29)12-14-62(31,36)7)88-60-50(78)44(72)40(68)35(91-60)21-84-57-48(76)43(71)39(67)34(90-57)20-83-55-51(79)45(73)53(25(4)86-55)93-59-52(80)46(74)54(26(5)87-59)92-58-49(77)41(69)37(65)24(3)85-58/h8,22-26,28-60,64-81H,9-21H2,1-7H3/t22?,23-,24+,25+,26+,28-,29?,30?,31?,32?,33+,34+,35+,36?,37+,38+,39-,40+,41-,42-,43-,44-,45+,46+,47+,48+,49-,50+,51-,52-,53+,54+,55-,56+,57+,58-,59+,60+,61-,62-,63+/m0/s1. The van der Waals surface area contributed by atoms with Crippen LogP contribution >= 0.6 is 0 Å². The van der Waals surface area contributed by atoms with Crippen molar-refractivity contribution in [3.8, 4) is 0 Å². The molecule has 7 saturated heterocycles. The second-order valence-electron chi connectivity index (χ2n) is 29.5. The Labute approximate surface area is 544 Å². The average Bonchev–Trinajstić information content (AvgIpc) is 1.50. The normalized spacial score (nSPS) is 55.7. The van der Waals surface area contributed by atoms with E-state index in [2.05, 4.69) is 26.8 Å². The fourth-order valence-corrected chi connectivity index (χ4v) is 17.7. The lowest BCUT2D eigenvalue weighted by molar-refractivity contribution is -0.375. The molecular formula is C63H104O31. The van der Waals surface area contributed by atoms with E-state index in [1.165, 1.54) is 26.3 Å². The molecule has 0 amide bonds. The molecule has 6 unspecified atom stereocenters. The van der Waals surface area contributed by atoms with Crippen LogP contribution in [0.25, 0.3) is 0 Å². The van der Waals surface area contributed by atoms with Gasteiger partial charge in [0.2, 0.25) is 0 Å². The van der Waals surface area contributed by atoms with Crippen molar-refractivity contribution in [2.75, 3.05) is 26.4 Å². The Morgan fingerprint density at radius 2 is 0.979 bits per heavy atom. The van der Waals surface area contributed by atoms with Gasteiger partial charge in [0.15, 0.2) is 43.5 Å². The molecule has 4 aliphatic carbocycles. The smallest absolute Gasteiger partial charge is 0.187 e. The summed E-state index contributed by atoms with van der Waals surface area (Å²) in [4.78, 5) is 0. The van der Waals surface area contributed by atoms with E-state index < -0.39 is 216 Å². The molecule has 31 nitrogen and oxygen atoms in total. The Bertz CT molecular complexity index is 2530. The molecule has 10 fully saturated rings. The summed E-state index contributed by atoms with van der Waals surface area (Å²) < 4.78 is 76.6. The Hall–Kier alpha value is -1.50. The van der Waals surface area contributed by atoms with Gasteiger partial charge >= 0.3 is 0 Å². The van der Waals surface area contributed by atoms with Crippen LogP contribution in [0.2, 0.25) is 0 Å². The number of aliphatic hydroxyl groups excluding tert-OH is 17. The summed E-state index contributed by atoms with van der Waals surface area (Å²) in [6, 6.07) is 0. The summed E-state index contributed by atoms with van der Waals surface area (Å²) in [5, 5.41) is 194. The molecule has 3 saturated carbocycles. The zero-order valence-electron chi connectivity index (χ0n) is 54.1. The molecule has 18 N–H and O–H groups in total. The van der Waals surface area contributed by atoms with Crippen LogP contribution in [-0.2, 0) is 61.6 Å². The van der Waals surface area contributed by atoms with Gasteiger partial charge in [0.25, 0.3) is 0 Å². The summed E-state index contributed by atoms with van der Waals surface area (Å²) in [7, 11) is 0. The monoisotopic (exact) mass is 1360 g/mol. The highest BCUT2D eigenvalue weighted by atomic mass is 16.8. The summed E-state index contributed by atoms with van der Waals surface area (Å²) in [5.74, 6) is -0.341. The highest BCUT2D eigenvalue weighted by molar-refractivity contribution is 5.26. The third-order valence-electron chi connectivity index (χ3n) is 23.6. The van der Waals surface area contributed by atoms with Crippen LogP contribution in [0.1, 0.15) is 106 Å². The third-order valence-corrected chi connectivity index (χ3v) is 23.6. The lowest BCUT2D eigenvalue weighted by Gasteiger charge is -2.58. The molecule has 0 bridgehead atoms. The molecule has 0 aromatic heterocycles.